The number of rotatable bonds is 7. The van der Waals surface area contributed by atoms with E-state index in [1.54, 1.807) is 12.1 Å². The first-order chi connectivity index (χ1) is 17.0. The second-order valence-corrected chi connectivity index (χ2v) is 9.19. The largest absolute Gasteiger partial charge is 0.481 e. The van der Waals surface area contributed by atoms with E-state index < -0.39 is 18.2 Å². The average Bonchev–Trinajstić information content (AvgIpc) is 2.88. The zero-order valence-electron chi connectivity index (χ0n) is 18.9. The molecule has 1 amide bonds. The molecule has 0 aromatic carbocycles. The number of thioether (sulfide) groups is 1. The quantitative estimate of drug-likeness (QED) is 0.440. The monoisotopic (exact) mass is 501 g/mol. The summed E-state index contributed by atoms with van der Waals surface area (Å²) in [5.74, 6) is 0.667. The first kappa shape index (κ1) is 23.8. The highest BCUT2D eigenvalue weighted by Crippen LogP contribution is 2.29. The summed E-state index contributed by atoms with van der Waals surface area (Å²) in [6, 6.07) is 7.05. The van der Waals surface area contributed by atoms with E-state index in [-0.39, 0.29) is 23.9 Å². The van der Waals surface area contributed by atoms with E-state index in [0.717, 1.165) is 16.8 Å². The Balaban J connectivity index is 1.16. The van der Waals surface area contributed by atoms with Crippen LogP contribution in [0.2, 0.25) is 0 Å². The van der Waals surface area contributed by atoms with Crippen LogP contribution >= 0.6 is 11.8 Å². The van der Waals surface area contributed by atoms with Gasteiger partial charge in [0, 0.05) is 24.6 Å². The highest BCUT2D eigenvalue weighted by Gasteiger charge is 2.29. The molecule has 0 spiro atoms. The second-order valence-electron chi connectivity index (χ2n) is 8.18. The van der Waals surface area contributed by atoms with Crippen LogP contribution in [0.5, 0.6) is 5.88 Å². The van der Waals surface area contributed by atoms with Gasteiger partial charge >= 0.3 is 0 Å². The number of amides is 1. The number of anilines is 1. The van der Waals surface area contributed by atoms with Crippen LogP contribution in [0.4, 0.5) is 10.2 Å². The van der Waals surface area contributed by atoms with Gasteiger partial charge in [0.2, 0.25) is 11.8 Å². The highest BCUT2D eigenvalue weighted by atomic mass is 32.2. The fourth-order valence-corrected chi connectivity index (χ4v) is 4.66. The van der Waals surface area contributed by atoms with E-state index in [0.29, 0.717) is 48.2 Å². The van der Waals surface area contributed by atoms with E-state index >= 15 is 0 Å². The third-order valence-electron chi connectivity index (χ3n) is 5.70. The van der Waals surface area contributed by atoms with Crippen LogP contribution in [0, 0.1) is 5.82 Å². The SMILES string of the molecule is COc1ccc2ncc(F)c(C[C@H](O)C3OCC(NCc4ccc5c(n4)NC(=O)CS5)CO3)c2n1. The Morgan fingerprint density at radius 3 is 2.91 bits per heavy atom. The van der Waals surface area contributed by atoms with Crippen molar-refractivity contribution in [2.75, 3.05) is 31.4 Å². The number of hydrogen-bond donors (Lipinski definition) is 3. The second kappa shape index (κ2) is 10.4. The molecule has 3 aromatic rings. The van der Waals surface area contributed by atoms with Gasteiger partial charge in [-0.3, -0.25) is 9.78 Å². The minimum atomic E-state index is -1.10. The van der Waals surface area contributed by atoms with E-state index in [9.17, 15) is 14.3 Å². The lowest BCUT2D eigenvalue weighted by molar-refractivity contribution is -0.230. The molecule has 1 atom stereocenters. The number of pyridine rings is 3. The number of aliphatic hydroxyl groups excluding tert-OH is 1. The lowest BCUT2D eigenvalue weighted by Gasteiger charge is -2.32. The molecule has 0 aliphatic carbocycles. The Kier molecular flexibility index (Phi) is 7.07. The summed E-state index contributed by atoms with van der Waals surface area (Å²) in [6.45, 7) is 1.05. The number of methoxy groups -OCH3 is 1. The number of ether oxygens (including phenoxy) is 3. The van der Waals surface area contributed by atoms with Crippen LogP contribution < -0.4 is 15.4 Å². The molecule has 12 heteroatoms. The first-order valence-corrected chi connectivity index (χ1v) is 12.0. The molecule has 2 aliphatic rings. The van der Waals surface area contributed by atoms with Crippen molar-refractivity contribution >= 4 is 34.5 Å². The van der Waals surface area contributed by atoms with Crippen LogP contribution in [0.25, 0.3) is 11.0 Å². The van der Waals surface area contributed by atoms with E-state index in [1.165, 1.54) is 18.9 Å². The standard InChI is InChI=1S/C23H24FN5O5S/c1-32-20-5-3-16-21(29-20)14(15(24)8-26-16)6-17(30)23-33-9-13(10-34-23)25-7-12-2-4-18-22(27-12)28-19(31)11-35-18/h2-5,8,13,17,23,25,30H,6-7,9-11H2,1H3,(H,27,28,31)/t13?,17-,23?/m0/s1. The normalized spacial score (nSPS) is 20.8. The van der Waals surface area contributed by atoms with Gasteiger partial charge in [-0.1, -0.05) is 0 Å². The molecule has 0 radical (unpaired) electrons. The van der Waals surface area contributed by atoms with Crippen molar-refractivity contribution in [1.29, 1.82) is 0 Å². The van der Waals surface area contributed by atoms with E-state index in [1.807, 2.05) is 12.1 Å². The summed E-state index contributed by atoms with van der Waals surface area (Å²) < 4.78 is 31.1. The molecule has 10 nitrogen and oxygen atoms in total. The smallest absolute Gasteiger partial charge is 0.235 e. The van der Waals surface area contributed by atoms with Crippen molar-refractivity contribution in [2.45, 2.75) is 36.3 Å². The molecule has 1 fully saturated rings. The molecule has 184 valence electrons. The Morgan fingerprint density at radius 2 is 2.11 bits per heavy atom. The van der Waals surface area contributed by atoms with Crippen molar-refractivity contribution in [3.63, 3.8) is 0 Å². The molecule has 35 heavy (non-hydrogen) atoms. The van der Waals surface area contributed by atoms with E-state index in [4.69, 9.17) is 14.2 Å². The summed E-state index contributed by atoms with van der Waals surface area (Å²) in [5.41, 5.74) is 1.82. The first-order valence-electron chi connectivity index (χ1n) is 11.1. The summed E-state index contributed by atoms with van der Waals surface area (Å²) in [7, 11) is 1.47. The topological polar surface area (TPSA) is 128 Å². The summed E-state index contributed by atoms with van der Waals surface area (Å²) in [6.07, 6.45) is -0.959. The zero-order chi connectivity index (χ0) is 24.4. The van der Waals surface area contributed by atoms with Gasteiger partial charge < -0.3 is 30.0 Å². The number of carbonyl (C=O) groups is 1. The van der Waals surface area contributed by atoms with Gasteiger partial charge in [-0.15, -0.1) is 11.8 Å². The minimum Gasteiger partial charge on any atom is -0.481 e. The van der Waals surface area contributed by atoms with Crippen LogP contribution in [0.15, 0.2) is 35.4 Å². The predicted octanol–water partition coefficient (Wildman–Crippen LogP) is 1.65. The van der Waals surface area contributed by atoms with Crippen LogP contribution in [-0.4, -0.2) is 70.5 Å². The molecule has 5 heterocycles. The number of aromatic nitrogens is 3. The molecule has 0 unspecified atom stereocenters. The molecular weight excluding hydrogens is 477 g/mol. The number of hydrogen-bond acceptors (Lipinski definition) is 10. The fourth-order valence-electron chi connectivity index (χ4n) is 3.90. The number of nitrogens with zero attached hydrogens (tertiary/aromatic N) is 3. The third kappa shape index (κ3) is 5.36. The molecular formula is C23H24FN5O5S. The maximum absolute atomic E-state index is 14.6. The Labute approximate surface area is 204 Å². The average molecular weight is 502 g/mol. The summed E-state index contributed by atoms with van der Waals surface area (Å²) in [5, 5.41) is 16.8. The van der Waals surface area contributed by atoms with Gasteiger partial charge in [-0.25, -0.2) is 14.4 Å². The molecule has 1 saturated heterocycles. The fraction of sp³-hybridized carbons (Fsp3) is 0.391. The number of nitrogens with one attached hydrogen (secondary N) is 2. The molecule has 5 rings (SSSR count). The van der Waals surface area contributed by atoms with Crippen molar-refractivity contribution < 1.29 is 28.5 Å². The van der Waals surface area contributed by atoms with Crippen molar-refractivity contribution in [3.8, 4) is 5.88 Å². The van der Waals surface area contributed by atoms with Crippen molar-refractivity contribution in [2.24, 2.45) is 0 Å². The number of fused-ring (bicyclic) bond motifs is 2. The van der Waals surface area contributed by atoms with Crippen LogP contribution in [0.1, 0.15) is 11.3 Å². The van der Waals surface area contributed by atoms with Gasteiger partial charge in [-0.2, -0.15) is 0 Å². The van der Waals surface area contributed by atoms with Gasteiger partial charge in [-0.05, 0) is 18.2 Å². The molecule has 2 aliphatic heterocycles. The van der Waals surface area contributed by atoms with Gasteiger partial charge in [0.1, 0.15) is 17.7 Å². The van der Waals surface area contributed by atoms with Crippen molar-refractivity contribution in [1.82, 2.24) is 20.3 Å². The number of aliphatic hydroxyl groups is 1. The van der Waals surface area contributed by atoms with Gasteiger partial charge in [0.05, 0.1) is 59.9 Å². The lowest BCUT2D eigenvalue weighted by Crippen LogP contribution is -2.48. The molecule has 0 bridgehead atoms. The van der Waals surface area contributed by atoms with Crippen LogP contribution in [-0.2, 0) is 27.2 Å². The Hall–Kier alpha value is -2.90. The molecule has 0 saturated carbocycles. The highest BCUT2D eigenvalue weighted by molar-refractivity contribution is 8.00. The zero-order valence-corrected chi connectivity index (χ0v) is 19.7. The molecule has 3 aromatic heterocycles. The van der Waals surface area contributed by atoms with E-state index in [2.05, 4.69) is 25.6 Å². The van der Waals surface area contributed by atoms with Gasteiger partial charge in [0.15, 0.2) is 6.29 Å². The van der Waals surface area contributed by atoms with Gasteiger partial charge in [0.25, 0.3) is 0 Å². The molecule has 3 N–H and O–H groups in total. The maximum atomic E-state index is 14.6. The predicted molar refractivity (Wildman–Crippen MR) is 126 cm³/mol. The third-order valence-corrected chi connectivity index (χ3v) is 6.75. The number of halogens is 1. The Bertz CT molecular complexity index is 1240. The Morgan fingerprint density at radius 1 is 1.29 bits per heavy atom. The van der Waals surface area contributed by atoms with Crippen LogP contribution in [0.3, 0.4) is 0 Å². The summed E-state index contributed by atoms with van der Waals surface area (Å²) in [4.78, 5) is 25.4. The minimum absolute atomic E-state index is 0.0590. The maximum Gasteiger partial charge on any atom is 0.235 e. The lowest BCUT2D eigenvalue weighted by atomic mass is 10.1. The summed E-state index contributed by atoms with van der Waals surface area (Å²) >= 11 is 1.46. The number of carbonyl (C=O) groups excluding carboxylic acids is 1. The van der Waals surface area contributed by atoms with Crippen molar-refractivity contribution in [3.05, 3.63) is 47.5 Å².